The zero-order valence-electron chi connectivity index (χ0n) is 17.2. The molecular formula is C23H30N4O2. The van der Waals surface area contributed by atoms with Crippen LogP contribution in [0.15, 0.2) is 12.3 Å². The van der Waals surface area contributed by atoms with Crippen LogP contribution < -0.4 is 5.32 Å². The van der Waals surface area contributed by atoms with Gasteiger partial charge in [-0.3, -0.25) is 24.6 Å². The third-order valence-corrected chi connectivity index (χ3v) is 7.50. The quantitative estimate of drug-likeness (QED) is 0.797. The van der Waals surface area contributed by atoms with Gasteiger partial charge in [0.05, 0.1) is 22.8 Å². The molecule has 1 aliphatic heterocycles. The lowest BCUT2D eigenvalue weighted by Crippen LogP contribution is -2.39. The second-order valence-corrected chi connectivity index (χ2v) is 9.36. The lowest BCUT2D eigenvalue weighted by molar-refractivity contribution is -0.134. The van der Waals surface area contributed by atoms with Gasteiger partial charge in [-0.05, 0) is 56.4 Å². The molecule has 1 saturated heterocycles. The number of amides is 2. The van der Waals surface area contributed by atoms with Gasteiger partial charge in [-0.15, -0.1) is 0 Å². The van der Waals surface area contributed by atoms with Crippen LogP contribution in [0, 0.1) is 11.8 Å². The Balaban J connectivity index is 1.39. The normalized spacial score (nSPS) is 28.4. The Morgan fingerprint density at radius 1 is 1.03 bits per heavy atom. The first kappa shape index (κ1) is 18.8. The molecular weight excluding hydrogens is 364 g/mol. The largest absolute Gasteiger partial charge is 0.296 e. The average molecular weight is 395 g/mol. The van der Waals surface area contributed by atoms with Crippen molar-refractivity contribution < 1.29 is 9.59 Å². The van der Waals surface area contributed by atoms with Gasteiger partial charge < -0.3 is 0 Å². The first-order chi connectivity index (χ1) is 14.1. The van der Waals surface area contributed by atoms with Crippen LogP contribution in [0.1, 0.15) is 87.4 Å². The molecule has 3 fully saturated rings. The van der Waals surface area contributed by atoms with Gasteiger partial charge in [0.2, 0.25) is 11.8 Å². The van der Waals surface area contributed by atoms with Crippen LogP contribution in [-0.2, 0) is 16.6 Å². The molecule has 0 aromatic carbocycles. The minimum Gasteiger partial charge on any atom is -0.296 e. The number of rotatable bonds is 4. The highest BCUT2D eigenvalue weighted by Gasteiger charge is 2.33. The van der Waals surface area contributed by atoms with E-state index in [0.29, 0.717) is 18.8 Å². The van der Waals surface area contributed by atoms with Gasteiger partial charge in [-0.2, -0.15) is 5.10 Å². The van der Waals surface area contributed by atoms with Gasteiger partial charge in [-0.25, -0.2) is 0 Å². The van der Waals surface area contributed by atoms with Crippen molar-refractivity contribution in [2.75, 3.05) is 0 Å². The molecule has 2 aliphatic carbocycles. The van der Waals surface area contributed by atoms with E-state index in [9.17, 15) is 9.59 Å². The number of pyridine rings is 1. The molecule has 5 rings (SSSR count). The summed E-state index contributed by atoms with van der Waals surface area (Å²) in [6, 6.07) is 1.98. The van der Waals surface area contributed by atoms with Crippen molar-refractivity contribution in [3.8, 4) is 0 Å². The van der Waals surface area contributed by atoms with Crippen molar-refractivity contribution >= 4 is 22.7 Å². The predicted molar refractivity (Wildman–Crippen MR) is 110 cm³/mol. The fourth-order valence-electron chi connectivity index (χ4n) is 5.66. The number of piperidine rings is 1. The minimum atomic E-state index is -0.357. The number of hydrogen-bond donors (Lipinski definition) is 1. The number of hydrogen-bond acceptors (Lipinski definition) is 4. The molecule has 6 nitrogen and oxygen atoms in total. The highest BCUT2D eigenvalue weighted by molar-refractivity contribution is 6.02. The summed E-state index contributed by atoms with van der Waals surface area (Å²) in [4.78, 5) is 28.7. The predicted octanol–water partition coefficient (Wildman–Crippen LogP) is 3.95. The third-order valence-electron chi connectivity index (χ3n) is 7.50. The zero-order valence-corrected chi connectivity index (χ0v) is 17.2. The lowest BCUT2D eigenvalue weighted by atomic mass is 9.72. The maximum absolute atomic E-state index is 12.4. The lowest BCUT2D eigenvalue weighted by Gasteiger charge is -2.34. The molecule has 6 heteroatoms. The standard InChI is InChI=1S/C23H30N4O2/c1-27-22-17(21(26-27)18-9-10-19(28)25-23(18)29)11-12-24-20(22)16-7-5-15(6-8-16)13-14-3-2-4-14/h11-12,14-16,18H,2-10,13H2,1H3,(H,25,28,29). The summed E-state index contributed by atoms with van der Waals surface area (Å²) in [6.45, 7) is 0. The highest BCUT2D eigenvalue weighted by atomic mass is 16.2. The maximum atomic E-state index is 12.4. The van der Waals surface area contributed by atoms with Crippen LogP contribution in [-0.4, -0.2) is 26.6 Å². The van der Waals surface area contributed by atoms with Crippen molar-refractivity contribution in [3.63, 3.8) is 0 Å². The summed E-state index contributed by atoms with van der Waals surface area (Å²) >= 11 is 0. The van der Waals surface area contributed by atoms with Crippen LogP contribution >= 0.6 is 0 Å². The molecule has 1 unspecified atom stereocenters. The van der Waals surface area contributed by atoms with E-state index in [1.807, 2.05) is 24.0 Å². The number of carbonyl (C=O) groups is 2. The minimum absolute atomic E-state index is 0.187. The average Bonchev–Trinajstić information content (AvgIpc) is 3.02. The van der Waals surface area contributed by atoms with E-state index >= 15 is 0 Å². The number of imide groups is 1. The summed E-state index contributed by atoms with van der Waals surface area (Å²) < 4.78 is 1.90. The summed E-state index contributed by atoms with van der Waals surface area (Å²) in [5.74, 6) is 1.59. The summed E-state index contributed by atoms with van der Waals surface area (Å²) in [7, 11) is 1.95. The fraction of sp³-hybridized carbons (Fsp3) is 0.652. The molecule has 29 heavy (non-hydrogen) atoms. The third kappa shape index (κ3) is 3.47. The van der Waals surface area contributed by atoms with Crippen LogP contribution in [0.4, 0.5) is 0 Å². The van der Waals surface area contributed by atoms with Crippen LogP contribution in [0.5, 0.6) is 0 Å². The molecule has 1 atom stereocenters. The molecule has 3 heterocycles. The molecule has 0 spiro atoms. The second kappa shape index (κ2) is 7.54. The summed E-state index contributed by atoms with van der Waals surface area (Å²) in [5, 5.41) is 8.21. The summed E-state index contributed by atoms with van der Waals surface area (Å²) in [5.41, 5.74) is 2.99. The first-order valence-electron chi connectivity index (χ1n) is 11.3. The number of fused-ring (bicyclic) bond motifs is 1. The van der Waals surface area contributed by atoms with Crippen molar-refractivity contribution in [1.29, 1.82) is 0 Å². The van der Waals surface area contributed by atoms with Crippen molar-refractivity contribution in [1.82, 2.24) is 20.1 Å². The van der Waals surface area contributed by atoms with Gasteiger partial charge >= 0.3 is 0 Å². The fourth-order valence-corrected chi connectivity index (χ4v) is 5.66. The van der Waals surface area contributed by atoms with E-state index < -0.39 is 0 Å². The van der Waals surface area contributed by atoms with E-state index in [1.54, 1.807) is 0 Å². The van der Waals surface area contributed by atoms with Gasteiger partial charge in [0.15, 0.2) is 0 Å². The Bertz CT molecular complexity index is 938. The van der Waals surface area contributed by atoms with Crippen LogP contribution in [0.2, 0.25) is 0 Å². The van der Waals surface area contributed by atoms with Gasteiger partial charge in [0.1, 0.15) is 0 Å². The highest BCUT2D eigenvalue weighted by Crippen LogP contribution is 2.43. The zero-order chi connectivity index (χ0) is 20.0. The molecule has 2 aromatic heterocycles. The van der Waals surface area contributed by atoms with E-state index in [0.717, 1.165) is 34.1 Å². The second-order valence-electron chi connectivity index (χ2n) is 9.36. The molecule has 1 N–H and O–H groups in total. The van der Waals surface area contributed by atoms with E-state index in [4.69, 9.17) is 10.1 Å². The number of aryl methyl sites for hydroxylation is 1. The molecule has 2 amide bonds. The topological polar surface area (TPSA) is 76.9 Å². The Morgan fingerprint density at radius 3 is 2.48 bits per heavy atom. The van der Waals surface area contributed by atoms with Gasteiger partial charge in [-0.1, -0.05) is 19.3 Å². The van der Waals surface area contributed by atoms with Crippen molar-refractivity contribution in [3.05, 3.63) is 23.7 Å². The van der Waals surface area contributed by atoms with E-state index in [1.165, 1.54) is 51.4 Å². The van der Waals surface area contributed by atoms with Crippen LogP contribution in [0.25, 0.3) is 10.9 Å². The van der Waals surface area contributed by atoms with Crippen molar-refractivity contribution in [2.45, 2.75) is 76.0 Å². The molecule has 0 radical (unpaired) electrons. The monoisotopic (exact) mass is 394 g/mol. The number of aromatic nitrogens is 3. The Labute approximate surface area is 171 Å². The molecule has 2 aromatic rings. The Kier molecular flexibility index (Phi) is 4.88. The first-order valence-corrected chi connectivity index (χ1v) is 11.3. The van der Waals surface area contributed by atoms with E-state index in [2.05, 4.69) is 5.32 Å². The Morgan fingerprint density at radius 2 is 1.79 bits per heavy atom. The molecule has 2 saturated carbocycles. The number of nitrogens with one attached hydrogen (secondary N) is 1. The molecule has 0 bridgehead atoms. The van der Waals surface area contributed by atoms with E-state index in [-0.39, 0.29) is 17.7 Å². The summed E-state index contributed by atoms with van der Waals surface area (Å²) in [6.07, 6.45) is 13.5. The molecule has 3 aliphatic rings. The van der Waals surface area contributed by atoms with Gasteiger partial charge in [0, 0.05) is 31.0 Å². The number of nitrogens with zero attached hydrogens (tertiary/aromatic N) is 3. The van der Waals surface area contributed by atoms with Crippen LogP contribution in [0.3, 0.4) is 0 Å². The molecule has 154 valence electrons. The number of carbonyl (C=O) groups excluding carboxylic acids is 2. The smallest absolute Gasteiger partial charge is 0.235 e. The SMILES string of the molecule is Cn1nc(C2CCC(=O)NC2=O)c2ccnc(C3CCC(CC4CCC4)CC3)c21. The van der Waals surface area contributed by atoms with Crippen molar-refractivity contribution in [2.24, 2.45) is 18.9 Å². The Hall–Kier alpha value is -2.24. The maximum Gasteiger partial charge on any atom is 0.235 e. The van der Waals surface area contributed by atoms with Gasteiger partial charge in [0.25, 0.3) is 0 Å².